The molecule has 0 fully saturated rings. The van der Waals surface area contributed by atoms with E-state index in [-0.39, 0.29) is 0 Å². The van der Waals surface area contributed by atoms with Crippen LogP contribution in [0.1, 0.15) is 52.9 Å². The summed E-state index contributed by atoms with van der Waals surface area (Å²) in [5, 5.41) is 0. The monoisotopic (exact) mass is 215 g/mol. The number of unbranched alkanes of at least 4 members (excludes halogenated alkanes) is 1. The molecule has 0 bridgehead atoms. The summed E-state index contributed by atoms with van der Waals surface area (Å²) in [5.41, 5.74) is 6.30. The van der Waals surface area contributed by atoms with Gasteiger partial charge in [-0.25, -0.2) is 0 Å². The highest BCUT2D eigenvalue weighted by molar-refractivity contribution is 4.77. The summed E-state index contributed by atoms with van der Waals surface area (Å²) >= 11 is 0. The molecule has 0 aromatic rings. The van der Waals surface area contributed by atoms with Gasteiger partial charge in [-0.3, -0.25) is 0 Å². The van der Waals surface area contributed by atoms with Crippen molar-refractivity contribution in [1.82, 2.24) is 0 Å². The smallest absolute Gasteiger partial charge is 0.0465 e. The molecule has 0 saturated carbocycles. The van der Waals surface area contributed by atoms with Crippen molar-refractivity contribution >= 4 is 0 Å². The van der Waals surface area contributed by atoms with Crippen LogP contribution >= 0.6 is 0 Å². The van der Waals surface area contributed by atoms with Crippen LogP contribution in [0.5, 0.6) is 0 Å². The Morgan fingerprint density at radius 2 is 1.87 bits per heavy atom. The van der Waals surface area contributed by atoms with Crippen molar-refractivity contribution in [3.05, 3.63) is 0 Å². The van der Waals surface area contributed by atoms with Gasteiger partial charge in [-0.15, -0.1) is 0 Å². The molecule has 92 valence electrons. The fourth-order valence-electron chi connectivity index (χ4n) is 2.10. The predicted molar refractivity (Wildman–Crippen MR) is 66.9 cm³/mol. The number of methoxy groups -OCH3 is 1. The zero-order valence-electron chi connectivity index (χ0n) is 11.0. The van der Waals surface area contributed by atoms with Crippen LogP contribution in [0.2, 0.25) is 0 Å². The fourth-order valence-corrected chi connectivity index (χ4v) is 2.10. The molecule has 0 aromatic heterocycles. The number of hydrogen-bond acceptors (Lipinski definition) is 2. The third kappa shape index (κ3) is 6.16. The molecule has 3 unspecified atom stereocenters. The van der Waals surface area contributed by atoms with E-state index < -0.39 is 0 Å². The highest BCUT2D eigenvalue weighted by atomic mass is 16.5. The van der Waals surface area contributed by atoms with E-state index in [2.05, 4.69) is 20.8 Å². The molecule has 0 radical (unpaired) electrons. The molecule has 0 spiro atoms. The largest absolute Gasteiger partial charge is 0.385 e. The molecule has 0 aliphatic carbocycles. The van der Waals surface area contributed by atoms with E-state index in [0.29, 0.717) is 17.9 Å². The van der Waals surface area contributed by atoms with E-state index >= 15 is 0 Å². The van der Waals surface area contributed by atoms with E-state index in [1.807, 2.05) is 0 Å². The van der Waals surface area contributed by atoms with E-state index in [9.17, 15) is 0 Å². The zero-order valence-corrected chi connectivity index (χ0v) is 11.0. The van der Waals surface area contributed by atoms with Crippen LogP contribution in [0, 0.1) is 11.8 Å². The Kier molecular flexibility index (Phi) is 9.12. The Labute approximate surface area is 95.6 Å². The maximum Gasteiger partial charge on any atom is 0.0465 e. The second-order valence-corrected chi connectivity index (χ2v) is 4.65. The quantitative estimate of drug-likeness (QED) is 0.641. The zero-order chi connectivity index (χ0) is 11.7. The summed E-state index contributed by atoms with van der Waals surface area (Å²) in [6.07, 6.45) is 6.16. The van der Waals surface area contributed by atoms with Crippen molar-refractivity contribution in [3.63, 3.8) is 0 Å². The first kappa shape index (κ1) is 14.9. The van der Waals surface area contributed by atoms with Gasteiger partial charge in [0.1, 0.15) is 0 Å². The van der Waals surface area contributed by atoms with E-state index in [1.54, 1.807) is 7.11 Å². The molecule has 0 saturated heterocycles. The molecule has 0 heterocycles. The Morgan fingerprint density at radius 1 is 1.20 bits per heavy atom. The van der Waals surface area contributed by atoms with Gasteiger partial charge in [0.15, 0.2) is 0 Å². The standard InChI is InChI=1S/C13H29NO/c1-5-7-8-12(6-2)13(14)11(3)9-10-15-4/h11-13H,5-10,14H2,1-4H3. The third-order valence-electron chi connectivity index (χ3n) is 3.43. The fraction of sp³-hybridized carbons (Fsp3) is 1.00. The van der Waals surface area contributed by atoms with Gasteiger partial charge in [0.05, 0.1) is 0 Å². The van der Waals surface area contributed by atoms with Crippen molar-refractivity contribution in [1.29, 1.82) is 0 Å². The Bertz CT molecular complexity index is 138. The molecule has 0 amide bonds. The molecule has 2 heteroatoms. The van der Waals surface area contributed by atoms with Gasteiger partial charge >= 0.3 is 0 Å². The minimum absolute atomic E-state index is 0.344. The molecule has 2 nitrogen and oxygen atoms in total. The first-order valence-corrected chi connectivity index (χ1v) is 6.41. The number of rotatable bonds is 9. The SMILES string of the molecule is CCCCC(CC)C(N)C(C)CCOC. The molecule has 0 aliphatic heterocycles. The number of nitrogens with two attached hydrogens (primary N) is 1. The average molecular weight is 215 g/mol. The van der Waals surface area contributed by atoms with Gasteiger partial charge in [0.25, 0.3) is 0 Å². The van der Waals surface area contributed by atoms with Crippen molar-refractivity contribution in [2.75, 3.05) is 13.7 Å². The molecular formula is C13H29NO. The van der Waals surface area contributed by atoms with Crippen molar-refractivity contribution in [3.8, 4) is 0 Å². The molecule has 0 aromatic carbocycles. The van der Waals surface area contributed by atoms with Gasteiger partial charge in [-0.2, -0.15) is 0 Å². The van der Waals surface area contributed by atoms with Gasteiger partial charge in [0.2, 0.25) is 0 Å². The Balaban J connectivity index is 3.93. The normalized spacial score (nSPS) is 17.4. The van der Waals surface area contributed by atoms with E-state index in [4.69, 9.17) is 10.5 Å². The summed E-state index contributed by atoms with van der Waals surface area (Å²) in [7, 11) is 1.76. The number of hydrogen-bond donors (Lipinski definition) is 1. The second-order valence-electron chi connectivity index (χ2n) is 4.65. The summed E-state index contributed by atoms with van der Waals surface area (Å²) < 4.78 is 5.10. The van der Waals surface area contributed by atoms with Crippen LogP contribution in [-0.2, 0) is 4.74 Å². The number of ether oxygens (including phenoxy) is 1. The van der Waals surface area contributed by atoms with Crippen LogP contribution < -0.4 is 5.73 Å². The molecule has 0 aliphatic rings. The first-order chi connectivity index (χ1) is 7.17. The van der Waals surface area contributed by atoms with Crippen LogP contribution in [0.3, 0.4) is 0 Å². The first-order valence-electron chi connectivity index (χ1n) is 6.41. The highest BCUT2D eigenvalue weighted by Gasteiger charge is 2.21. The molecule has 3 atom stereocenters. The predicted octanol–water partition coefficient (Wildman–Crippen LogP) is 3.20. The van der Waals surface area contributed by atoms with Crippen molar-refractivity contribution in [2.24, 2.45) is 17.6 Å². The minimum atomic E-state index is 0.344. The molecule has 0 rings (SSSR count). The molecule has 2 N–H and O–H groups in total. The Hall–Kier alpha value is -0.0800. The summed E-state index contributed by atoms with van der Waals surface area (Å²) in [5.74, 6) is 1.27. The minimum Gasteiger partial charge on any atom is -0.385 e. The van der Waals surface area contributed by atoms with Crippen LogP contribution in [0.4, 0.5) is 0 Å². The summed E-state index contributed by atoms with van der Waals surface area (Å²) in [6, 6.07) is 0.344. The van der Waals surface area contributed by atoms with Crippen LogP contribution in [0.25, 0.3) is 0 Å². The van der Waals surface area contributed by atoms with E-state index in [0.717, 1.165) is 13.0 Å². The lowest BCUT2D eigenvalue weighted by Crippen LogP contribution is -2.36. The molecular weight excluding hydrogens is 186 g/mol. The van der Waals surface area contributed by atoms with Gasteiger partial charge < -0.3 is 10.5 Å². The van der Waals surface area contributed by atoms with Gasteiger partial charge in [-0.1, -0.05) is 40.0 Å². The lowest BCUT2D eigenvalue weighted by atomic mass is 9.83. The summed E-state index contributed by atoms with van der Waals surface area (Å²) in [6.45, 7) is 7.58. The van der Waals surface area contributed by atoms with Crippen molar-refractivity contribution < 1.29 is 4.74 Å². The highest BCUT2D eigenvalue weighted by Crippen LogP contribution is 2.22. The van der Waals surface area contributed by atoms with Crippen LogP contribution in [-0.4, -0.2) is 19.8 Å². The summed E-state index contributed by atoms with van der Waals surface area (Å²) in [4.78, 5) is 0. The van der Waals surface area contributed by atoms with Crippen molar-refractivity contribution in [2.45, 2.75) is 58.9 Å². The van der Waals surface area contributed by atoms with E-state index in [1.165, 1.54) is 25.7 Å². The lowest BCUT2D eigenvalue weighted by molar-refractivity contribution is 0.164. The van der Waals surface area contributed by atoms with Gasteiger partial charge in [-0.05, 0) is 24.7 Å². The lowest BCUT2D eigenvalue weighted by Gasteiger charge is -2.28. The maximum atomic E-state index is 6.30. The molecule has 15 heavy (non-hydrogen) atoms. The third-order valence-corrected chi connectivity index (χ3v) is 3.43. The maximum absolute atomic E-state index is 6.30. The van der Waals surface area contributed by atoms with Gasteiger partial charge in [0, 0.05) is 19.8 Å². The second kappa shape index (κ2) is 9.17. The average Bonchev–Trinajstić information content (AvgIpc) is 2.26. The topological polar surface area (TPSA) is 35.2 Å². The van der Waals surface area contributed by atoms with Crippen LogP contribution in [0.15, 0.2) is 0 Å². The Morgan fingerprint density at radius 3 is 2.33 bits per heavy atom.